The number of carbonyl (C=O) groups is 4. The van der Waals surface area contributed by atoms with E-state index >= 15 is 0 Å². The highest BCUT2D eigenvalue weighted by atomic mass is 32.1. The summed E-state index contributed by atoms with van der Waals surface area (Å²) >= 11 is 9.84. The van der Waals surface area contributed by atoms with Gasteiger partial charge in [0.1, 0.15) is 46.0 Å². The third-order valence-electron chi connectivity index (χ3n) is 10.9. The van der Waals surface area contributed by atoms with Gasteiger partial charge in [-0.3, -0.25) is 9.59 Å². The van der Waals surface area contributed by atoms with Gasteiger partial charge in [-0.25, -0.2) is 9.59 Å². The molecule has 2 spiro atoms. The number of carboxylic acids is 2. The summed E-state index contributed by atoms with van der Waals surface area (Å²) < 4.78 is 23.8. The smallest absolute Gasteiger partial charge is 0.340 e. The molecule has 0 amide bonds. The maximum Gasteiger partial charge on any atom is 0.340 e. The highest BCUT2D eigenvalue weighted by molar-refractivity contribution is 7.80. The minimum absolute atomic E-state index is 0.00715. The first kappa shape index (κ1) is 46.0. The largest absolute Gasteiger partial charge is 0.508 e. The van der Waals surface area contributed by atoms with Gasteiger partial charge >= 0.3 is 23.9 Å². The zero-order valence-electron chi connectivity index (χ0n) is 35.0. The molecule has 68 heavy (non-hydrogen) atoms. The molecule has 6 aromatic rings. The number of phenols is 4. The molecule has 0 bridgehead atoms. The standard InChI is InChI=1S/C24H18N2O7S.C21H11NO5S.C3H7NO2/c27-13-2-5-17-19(10-13)32-20-11-14(28)3-6-18(20)24(17)16-4-1-12(9-15(16)22(31)33-24)26-23(34)25-8-7-21(29)30;23-12-2-5-16-18(8-12)26-19-9-13(24)3-6-17(19)21(16)15-4-1-11(22-10-28)7-14(15)20(25)27-21;4-2-1-3(5)6/h1-6,9-11,27-28H,7-8H2,(H,29,30)(H2,25,26,34);1-9,23-24H;1-2,4H2,(H,5,6). The molecular weight excluding hydrogens is 921 g/mol. The van der Waals surface area contributed by atoms with Crippen LogP contribution in [0, 0.1) is 0 Å². The van der Waals surface area contributed by atoms with E-state index in [1.165, 1.54) is 48.5 Å². The maximum absolute atomic E-state index is 13.1. The zero-order valence-corrected chi connectivity index (χ0v) is 36.6. The lowest BCUT2D eigenvalue weighted by Gasteiger charge is -2.36. The van der Waals surface area contributed by atoms with E-state index in [1.54, 1.807) is 60.7 Å². The van der Waals surface area contributed by atoms with Crippen molar-refractivity contribution in [2.75, 3.05) is 18.4 Å². The Labute approximate surface area is 395 Å². The number of fused-ring (bicyclic) bond motifs is 12. The van der Waals surface area contributed by atoms with Gasteiger partial charge in [-0.2, -0.15) is 4.99 Å². The molecule has 4 aliphatic rings. The van der Waals surface area contributed by atoms with E-state index in [9.17, 15) is 39.6 Å². The monoisotopic (exact) mass is 956 g/mol. The van der Waals surface area contributed by atoms with Gasteiger partial charge in [-0.05, 0) is 97.2 Å². The fourth-order valence-corrected chi connectivity index (χ4v) is 8.51. The van der Waals surface area contributed by atoms with E-state index in [2.05, 4.69) is 33.0 Å². The van der Waals surface area contributed by atoms with Crippen LogP contribution in [0.4, 0.5) is 11.4 Å². The summed E-state index contributed by atoms with van der Waals surface area (Å²) in [5.74, 6) is -1.64. The number of ether oxygens (including phenoxy) is 4. The number of nitrogens with one attached hydrogen (secondary N) is 2. The van der Waals surface area contributed by atoms with Gasteiger partial charge in [0.05, 0.1) is 34.8 Å². The fraction of sp³-hybridized carbons (Fsp3) is 0.125. The van der Waals surface area contributed by atoms with Crippen LogP contribution in [0.25, 0.3) is 0 Å². The number of thiocarbonyl (C=S) groups is 2. The number of benzene rings is 6. The van der Waals surface area contributed by atoms with Gasteiger partial charge in [-0.15, -0.1) is 0 Å². The third kappa shape index (κ3) is 8.42. The predicted octanol–water partition coefficient (Wildman–Crippen LogP) is 7.25. The van der Waals surface area contributed by atoms with Crippen molar-refractivity contribution >= 4 is 70.0 Å². The van der Waals surface area contributed by atoms with E-state index in [0.29, 0.717) is 78.9 Å². The number of nitrogens with two attached hydrogens (primary N) is 1. The molecule has 4 heterocycles. The van der Waals surface area contributed by atoms with E-state index in [-0.39, 0.29) is 54.0 Å². The van der Waals surface area contributed by atoms with E-state index in [0.717, 1.165) is 0 Å². The Hall–Kier alpha value is -8.55. The number of carbonyl (C=O) groups excluding carboxylic acids is 2. The summed E-state index contributed by atoms with van der Waals surface area (Å²) in [6.45, 7) is 0.389. The second kappa shape index (κ2) is 18.4. The summed E-state index contributed by atoms with van der Waals surface area (Å²) in [6.07, 6.45) is -0.0210. The Morgan fingerprint density at radius 2 is 1.01 bits per heavy atom. The minimum Gasteiger partial charge on any atom is -0.508 e. The Balaban J connectivity index is 0.000000167. The Morgan fingerprint density at radius 3 is 1.41 bits per heavy atom. The second-order valence-corrected chi connectivity index (χ2v) is 15.8. The topological polar surface area (TPSA) is 289 Å². The minimum atomic E-state index is -1.34. The highest BCUT2D eigenvalue weighted by Gasteiger charge is 2.55. The van der Waals surface area contributed by atoms with Crippen LogP contribution >= 0.6 is 24.4 Å². The first-order valence-corrected chi connectivity index (χ1v) is 21.1. The first-order valence-electron chi connectivity index (χ1n) is 20.3. The van der Waals surface area contributed by atoms with Gasteiger partial charge in [-0.1, -0.05) is 12.1 Å². The Morgan fingerprint density at radius 1 is 0.603 bits per heavy atom. The second-order valence-electron chi connectivity index (χ2n) is 15.2. The van der Waals surface area contributed by atoms with E-state index in [4.69, 9.17) is 47.1 Å². The highest BCUT2D eigenvalue weighted by Crippen LogP contribution is 2.59. The number of carboxylic acid groups (broad SMARTS) is 2. The van der Waals surface area contributed by atoms with E-state index < -0.39 is 35.1 Å². The SMILES string of the molecule is NCCC(=O)O.O=C(O)CCNC(=S)Nc1ccc2c(c1)C(=O)OC21c2ccc(O)cc2Oc2cc(O)ccc21.O=C1OC2(c3ccc(O)cc3Oc3cc(O)ccc32)c2ccc(N=C=S)cc21. The number of esters is 2. The van der Waals surface area contributed by atoms with Crippen molar-refractivity contribution < 1.29 is 68.8 Å². The van der Waals surface area contributed by atoms with Gasteiger partial charge in [0.25, 0.3) is 0 Å². The number of hydrogen-bond donors (Lipinski definition) is 9. The quantitative estimate of drug-likeness (QED) is 0.0433. The first-order chi connectivity index (χ1) is 32.6. The van der Waals surface area contributed by atoms with Crippen molar-refractivity contribution in [2.45, 2.75) is 24.0 Å². The number of hydrogen-bond acceptors (Lipinski definition) is 16. The van der Waals surface area contributed by atoms with E-state index in [1.807, 2.05) is 0 Å². The number of aliphatic carboxylic acids is 2. The average Bonchev–Trinajstić information content (AvgIpc) is 3.73. The normalized spacial score (nSPS) is 14.0. The van der Waals surface area contributed by atoms with Crippen molar-refractivity contribution in [3.05, 3.63) is 154 Å². The molecule has 0 unspecified atom stereocenters. The summed E-state index contributed by atoms with van der Waals surface area (Å²) in [5.41, 5.74) is 7.29. The Bertz CT molecular complexity index is 3050. The molecular formula is C48H36N4O14S2. The molecule has 0 saturated carbocycles. The van der Waals surface area contributed by atoms with Crippen LogP contribution < -0.4 is 25.8 Å². The molecule has 0 aromatic heterocycles. The van der Waals surface area contributed by atoms with Crippen molar-refractivity contribution in [3.8, 4) is 46.0 Å². The molecule has 0 aliphatic carbocycles. The number of anilines is 1. The number of aliphatic imine (C=N–C) groups is 1. The summed E-state index contributed by atoms with van der Waals surface area (Å²) in [7, 11) is 0. The lowest BCUT2D eigenvalue weighted by molar-refractivity contribution is -0.137. The number of aromatic hydroxyl groups is 4. The van der Waals surface area contributed by atoms with Gasteiger partial charge in [0, 0.05) is 76.4 Å². The van der Waals surface area contributed by atoms with Crippen LogP contribution in [-0.2, 0) is 30.3 Å². The van der Waals surface area contributed by atoms with Crippen LogP contribution in [0.2, 0.25) is 0 Å². The molecule has 6 aromatic carbocycles. The van der Waals surface area contributed by atoms with Gasteiger partial charge in [0.2, 0.25) is 0 Å². The summed E-state index contributed by atoms with van der Waals surface area (Å²) in [4.78, 5) is 50.0. The number of isothiocyanates is 1. The molecule has 10 N–H and O–H groups in total. The molecule has 0 atom stereocenters. The number of rotatable bonds is 7. The maximum atomic E-state index is 13.1. The van der Waals surface area contributed by atoms with Crippen LogP contribution in [-0.4, -0.2) is 77.9 Å². The fourth-order valence-electron chi connectivity index (χ4n) is 8.18. The molecule has 0 saturated heterocycles. The van der Waals surface area contributed by atoms with Crippen molar-refractivity contribution in [3.63, 3.8) is 0 Å². The molecule has 0 radical (unpaired) electrons. The van der Waals surface area contributed by atoms with Crippen LogP contribution in [0.1, 0.15) is 66.9 Å². The molecule has 20 heteroatoms. The van der Waals surface area contributed by atoms with Crippen molar-refractivity contribution in [2.24, 2.45) is 10.7 Å². The number of nitrogens with zero attached hydrogens (tertiary/aromatic N) is 1. The van der Waals surface area contributed by atoms with Gasteiger partial charge < -0.3 is 66.0 Å². The molecule has 10 rings (SSSR count). The molecule has 18 nitrogen and oxygen atoms in total. The van der Waals surface area contributed by atoms with Crippen molar-refractivity contribution in [1.82, 2.24) is 5.32 Å². The lowest BCUT2D eigenvalue weighted by Crippen LogP contribution is -2.33. The van der Waals surface area contributed by atoms with Crippen LogP contribution in [0.3, 0.4) is 0 Å². The summed E-state index contributed by atoms with van der Waals surface area (Å²) in [6, 6.07) is 28.4. The third-order valence-corrected chi connectivity index (χ3v) is 11.3. The van der Waals surface area contributed by atoms with Crippen LogP contribution in [0.5, 0.6) is 46.0 Å². The molecule has 344 valence electrons. The predicted molar refractivity (Wildman–Crippen MR) is 249 cm³/mol. The summed E-state index contributed by atoms with van der Waals surface area (Å²) in [5, 5.41) is 64.6. The molecule has 0 fully saturated rings. The van der Waals surface area contributed by atoms with Gasteiger partial charge in [0.15, 0.2) is 16.3 Å². The zero-order chi connectivity index (χ0) is 48.5. The number of phenolic OH excluding ortho intramolecular Hbond substituents is 4. The average molecular weight is 957 g/mol. The Kier molecular flexibility index (Phi) is 12.4. The lowest BCUT2D eigenvalue weighted by atomic mass is 9.77. The van der Waals surface area contributed by atoms with Crippen LogP contribution in [0.15, 0.2) is 114 Å². The van der Waals surface area contributed by atoms with Crippen molar-refractivity contribution in [1.29, 1.82) is 0 Å². The molecule has 4 aliphatic heterocycles.